The molecule has 0 aliphatic heterocycles. The van der Waals surface area contributed by atoms with E-state index in [-0.39, 0.29) is 30.7 Å². The van der Waals surface area contributed by atoms with Crippen LogP contribution in [-0.2, 0) is 19.1 Å². The van der Waals surface area contributed by atoms with Crippen molar-refractivity contribution in [3.63, 3.8) is 0 Å². The molecule has 2 N–H and O–H groups in total. The molecule has 1 amide bonds. The van der Waals surface area contributed by atoms with Gasteiger partial charge in [0.25, 0.3) is 6.29 Å². The number of hydrogen-bond acceptors (Lipinski definition) is 5. The Morgan fingerprint density at radius 3 is 2.15 bits per heavy atom. The van der Waals surface area contributed by atoms with Gasteiger partial charge in [0.05, 0.1) is 6.42 Å². The van der Waals surface area contributed by atoms with Gasteiger partial charge < -0.3 is 19.9 Å². The van der Waals surface area contributed by atoms with E-state index in [9.17, 15) is 19.5 Å². The van der Waals surface area contributed by atoms with E-state index in [0.29, 0.717) is 5.92 Å². The molecule has 0 radical (unpaired) electrons. The molecule has 152 valence electrons. The average molecular weight is 373 g/mol. The number of amides is 1. The van der Waals surface area contributed by atoms with Gasteiger partial charge in [-0.3, -0.25) is 9.59 Å². The quantitative estimate of drug-likeness (QED) is 0.398. The maximum absolute atomic E-state index is 12.0. The second-order valence-electron chi connectivity index (χ2n) is 7.34. The van der Waals surface area contributed by atoms with Crippen LogP contribution in [0.2, 0.25) is 0 Å². The van der Waals surface area contributed by atoms with Gasteiger partial charge in [-0.15, -0.1) is 0 Å². The fourth-order valence-electron chi connectivity index (χ4n) is 2.74. The summed E-state index contributed by atoms with van der Waals surface area (Å²) in [6, 6.07) is 0. The summed E-state index contributed by atoms with van der Waals surface area (Å²) >= 11 is 0. The lowest BCUT2D eigenvalue weighted by Crippen LogP contribution is -2.38. The number of rotatable bonds is 12. The zero-order valence-electron chi connectivity index (χ0n) is 16.9. The molecule has 0 aliphatic rings. The Hall–Kier alpha value is -1.79. The van der Waals surface area contributed by atoms with Crippen molar-refractivity contribution in [2.24, 2.45) is 23.7 Å². The van der Waals surface area contributed by atoms with E-state index in [0.717, 1.165) is 19.3 Å². The minimum absolute atomic E-state index is 0.0184. The van der Waals surface area contributed by atoms with Gasteiger partial charge in [0, 0.05) is 19.4 Å². The fourth-order valence-corrected chi connectivity index (χ4v) is 2.74. The number of carbonyl (C=O) groups is 3. The van der Waals surface area contributed by atoms with Crippen LogP contribution < -0.4 is 5.32 Å². The van der Waals surface area contributed by atoms with Crippen LogP contribution in [0.4, 0.5) is 4.79 Å². The van der Waals surface area contributed by atoms with Crippen LogP contribution in [0.15, 0.2) is 0 Å². The van der Waals surface area contributed by atoms with Crippen molar-refractivity contribution in [2.45, 2.75) is 73.5 Å². The molecule has 0 bridgehead atoms. The zero-order valence-corrected chi connectivity index (χ0v) is 16.9. The predicted octanol–water partition coefficient (Wildman–Crippen LogP) is 3.81. The van der Waals surface area contributed by atoms with Gasteiger partial charge >= 0.3 is 18.0 Å². The molecule has 7 heteroatoms. The minimum atomic E-state index is -0.966. The van der Waals surface area contributed by atoms with Crippen LogP contribution in [0.25, 0.3) is 0 Å². The Balaban J connectivity index is 4.73. The number of nitrogens with one attached hydrogen (secondary N) is 1. The number of carboxylic acids is 1. The molecule has 0 aromatic rings. The smallest absolute Gasteiger partial charge is 0.410 e. The van der Waals surface area contributed by atoms with Gasteiger partial charge in [0.15, 0.2) is 0 Å². The minimum Gasteiger partial charge on any atom is -0.481 e. The van der Waals surface area contributed by atoms with Crippen molar-refractivity contribution in [3.05, 3.63) is 0 Å². The second-order valence-corrected chi connectivity index (χ2v) is 7.34. The Bertz CT molecular complexity index is 451. The summed E-state index contributed by atoms with van der Waals surface area (Å²) in [7, 11) is 0. The number of esters is 1. The number of aliphatic carboxylic acids is 1. The largest absolute Gasteiger partial charge is 0.481 e. The number of hydrogen-bond donors (Lipinski definition) is 2. The standard InChI is InChI=1S/C19H35NO6/c1-7-8-9-13(4)14(5)16(10-17(22)23)11-20-19(24)26-18(12(2)3)25-15(6)21/h12-14,16,18H,7-11H2,1-6H3,(H,20,24)(H,22,23)/t13-,14-,16+,18+/m1/s1. The van der Waals surface area contributed by atoms with Crippen LogP contribution in [0.3, 0.4) is 0 Å². The van der Waals surface area contributed by atoms with Crippen molar-refractivity contribution in [2.75, 3.05) is 6.54 Å². The van der Waals surface area contributed by atoms with Gasteiger partial charge in [-0.2, -0.15) is 0 Å². The molecule has 0 spiro atoms. The van der Waals surface area contributed by atoms with E-state index in [2.05, 4.69) is 19.2 Å². The van der Waals surface area contributed by atoms with E-state index in [1.165, 1.54) is 6.92 Å². The van der Waals surface area contributed by atoms with Gasteiger partial charge in [-0.25, -0.2) is 4.79 Å². The lowest BCUT2D eigenvalue weighted by molar-refractivity contribution is -0.172. The second kappa shape index (κ2) is 12.5. The van der Waals surface area contributed by atoms with Gasteiger partial charge in [0.1, 0.15) is 0 Å². The summed E-state index contributed by atoms with van der Waals surface area (Å²) in [5.74, 6) is -1.29. The number of unbranched alkanes of at least 4 members (excludes halogenated alkanes) is 1. The molecule has 0 saturated carbocycles. The lowest BCUT2D eigenvalue weighted by Gasteiger charge is -2.28. The summed E-state index contributed by atoms with van der Waals surface area (Å²) in [6.45, 7) is 11.3. The summed E-state index contributed by atoms with van der Waals surface area (Å²) < 4.78 is 10.1. The Kier molecular flexibility index (Phi) is 11.7. The highest BCUT2D eigenvalue weighted by Gasteiger charge is 2.27. The topological polar surface area (TPSA) is 102 Å². The third kappa shape index (κ3) is 10.3. The van der Waals surface area contributed by atoms with E-state index in [1.54, 1.807) is 13.8 Å². The van der Waals surface area contributed by atoms with Crippen LogP contribution in [0.5, 0.6) is 0 Å². The normalized spacial score (nSPS) is 15.7. The van der Waals surface area contributed by atoms with Crippen molar-refractivity contribution in [1.29, 1.82) is 0 Å². The molecule has 0 rings (SSSR count). The summed E-state index contributed by atoms with van der Waals surface area (Å²) in [4.78, 5) is 34.3. The molecular formula is C19H35NO6. The first-order chi connectivity index (χ1) is 12.1. The number of ether oxygens (including phenoxy) is 2. The Morgan fingerprint density at radius 2 is 1.69 bits per heavy atom. The molecule has 0 unspecified atom stereocenters. The summed E-state index contributed by atoms with van der Waals surface area (Å²) in [5.41, 5.74) is 0. The van der Waals surface area contributed by atoms with Crippen LogP contribution in [-0.4, -0.2) is 36.0 Å². The number of carbonyl (C=O) groups excluding carboxylic acids is 2. The molecular weight excluding hydrogens is 338 g/mol. The highest BCUT2D eigenvalue weighted by atomic mass is 16.7. The van der Waals surface area contributed by atoms with Crippen molar-refractivity contribution < 1.29 is 29.0 Å². The van der Waals surface area contributed by atoms with Gasteiger partial charge in [-0.05, 0) is 17.8 Å². The summed E-state index contributed by atoms with van der Waals surface area (Å²) in [6.07, 6.45) is 1.52. The molecule has 0 aromatic carbocycles. The Morgan fingerprint density at radius 1 is 1.08 bits per heavy atom. The maximum Gasteiger partial charge on any atom is 0.410 e. The molecule has 0 saturated heterocycles. The fraction of sp³-hybridized carbons (Fsp3) is 0.842. The molecule has 26 heavy (non-hydrogen) atoms. The van der Waals surface area contributed by atoms with Crippen molar-refractivity contribution >= 4 is 18.0 Å². The van der Waals surface area contributed by atoms with Crippen LogP contribution in [0.1, 0.15) is 67.2 Å². The maximum atomic E-state index is 12.0. The van der Waals surface area contributed by atoms with Crippen LogP contribution in [0, 0.1) is 23.7 Å². The summed E-state index contributed by atoms with van der Waals surface area (Å²) in [5, 5.41) is 11.8. The van der Waals surface area contributed by atoms with Gasteiger partial charge in [0.2, 0.25) is 0 Å². The van der Waals surface area contributed by atoms with Crippen molar-refractivity contribution in [1.82, 2.24) is 5.32 Å². The highest BCUT2D eigenvalue weighted by molar-refractivity contribution is 5.69. The first-order valence-electron chi connectivity index (χ1n) is 9.41. The average Bonchev–Trinajstić information content (AvgIpc) is 2.54. The monoisotopic (exact) mass is 373 g/mol. The zero-order chi connectivity index (χ0) is 20.3. The molecule has 0 aromatic heterocycles. The molecule has 0 aliphatic carbocycles. The third-order valence-electron chi connectivity index (χ3n) is 4.65. The van der Waals surface area contributed by atoms with Crippen molar-refractivity contribution in [3.8, 4) is 0 Å². The molecule has 7 nitrogen and oxygen atoms in total. The molecule has 4 atom stereocenters. The van der Waals surface area contributed by atoms with Crippen LogP contribution >= 0.6 is 0 Å². The third-order valence-corrected chi connectivity index (χ3v) is 4.65. The Labute approximate surface area is 156 Å². The first-order valence-corrected chi connectivity index (χ1v) is 9.41. The molecule has 0 fully saturated rings. The highest BCUT2D eigenvalue weighted by Crippen LogP contribution is 2.27. The van der Waals surface area contributed by atoms with E-state index in [1.807, 2.05) is 6.92 Å². The SMILES string of the molecule is CCCC[C@@H](C)[C@@H](C)[C@H](CNC(=O)O[C@H](OC(C)=O)C(C)C)CC(=O)O. The lowest BCUT2D eigenvalue weighted by atomic mass is 9.79. The number of carboxylic acid groups (broad SMARTS) is 1. The molecule has 0 heterocycles. The van der Waals surface area contributed by atoms with E-state index >= 15 is 0 Å². The number of alkyl carbamates (subject to hydrolysis) is 1. The predicted molar refractivity (Wildman–Crippen MR) is 98.5 cm³/mol. The van der Waals surface area contributed by atoms with E-state index in [4.69, 9.17) is 9.47 Å². The van der Waals surface area contributed by atoms with Gasteiger partial charge in [-0.1, -0.05) is 53.9 Å². The van der Waals surface area contributed by atoms with E-state index < -0.39 is 24.3 Å². The first kappa shape index (κ1) is 24.2.